The van der Waals surface area contributed by atoms with Crippen molar-refractivity contribution in [1.29, 1.82) is 0 Å². The Kier molecular flexibility index (Phi) is 4.26. The molecule has 6 heteroatoms. The van der Waals surface area contributed by atoms with Gasteiger partial charge in [-0.1, -0.05) is 6.07 Å². The summed E-state index contributed by atoms with van der Waals surface area (Å²) in [6.45, 7) is -0.184. The van der Waals surface area contributed by atoms with E-state index >= 15 is 0 Å². The Balaban J connectivity index is 2.89. The van der Waals surface area contributed by atoms with E-state index in [1.807, 2.05) is 0 Å². The highest BCUT2D eigenvalue weighted by Gasteiger charge is 2.17. The number of hydrogen-bond donors (Lipinski definition) is 1. The zero-order valence-electron chi connectivity index (χ0n) is 8.93. The number of anilines is 1. The van der Waals surface area contributed by atoms with Crippen molar-refractivity contribution in [3.63, 3.8) is 0 Å². The van der Waals surface area contributed by atoms with Crippen LogP contribution in [0.1, 0.15) is 6.42 Å². The highest BCUT2D eigenvalue weighted by molar-refractivity contribution is 7.92. The van der Waals surface area contributed by atoms with Crippen molar-refractivity contribution in [3.05, 3.63) is 30.1 Å². The van der Waals surface area contributed by atoms with Crippen LogP contribution in [0.15, 0.2) is 24.3 Å². The maximum Gasteiger partial charge on any atom is 0.234 e. The van der Waals surface area contributed by atoms with E-state index in [2.05, 4.69) is 0 Å². The zero-order chi connectivity index (χ0) is 12.2. The average molecular weight is 247 g/mol. The van der Waals surface area contributed by atoms with E-state index in [-0.39, 0.29) is 24.5 Å². The van der Waals surface area contributed by atoms with Crippen LogP contribution in [0.4, 0.5) is 10.1 Å². The summed E-state index contributed by atoms with van der Waals surface area (Å²) in [7, 11) is -2.12. The number of aliphatic hydroxyl groups excluding tert-OH is 1. The van der Waals surface area contributed by atoms with Crippen LogP contribution < -0.4 is 4.31 Å². The van der Waals surface area contributed by atoms with Gasteiger partial charge in [-0.25, -0.2) is 12.8 Å². The number of rotatable bonds is 5. The molecule has 0 aliphatic heterocycles. The number of aliphatic hydroxyl groups is 1. The first-order chi connectivity index (χ1) is 7.47. The zero-order valence-corrected chi connectivity index (χ0v) is 9.74. The minimum Gasteiger partial charge on any atom is -0.396 e. The van der Waals surface area contributed by atoms with Crippen molar-refractivity contribution in [3.8, 4) is 0 Å². The van der Waals surface area contributed by atoms with E-state index in [0.29, 0.717) is 0 Å². The topological polar surface area (TPSA) is 57.6 Å². The van der Waals surface area contributed by atoms with E-state index in [0.717, 1.165) is 10.4 Å². The highest BCUT2D eigenvalue weighted by Crippen LogP contribution is 2.17. The molecular formula is C10H14FNO3S. The summed E-state index contributed by atoms with van der Waals surface area (Å²) in [5.41, 5.74) is 0.276. The fourth-order valence-corrected chi connectivity index (χ4v) is 2.42. The first kappa shape index (κ1) is 12.9. The molecule has 1 aromatic rings. The molecule has 0 bridgehead atoms. The molecule has 0 saturated carbocycles. The molecule has 0 radical (unpaired) electrons. The summed E-state index contributed by atoms with van der Waals surface area (Å²) in [6.07, 6.45) is 0.169. The minimum atomic E-state index is -3.49. The maximum absolute atomic E-state index is 12.9. The summed E-state index contributed by atoms with van der Waals surface area (Å²) in [5, 5.41) is 8.58. The van der Waals surface area contributed by atoms with E-state index < -0.39 is 15.8 Å². The van der Waals surface area contributed by atoms with Crippen molar-refractivity contribution in [2.24, 2.45) is 0 Å². The Hall–Kier alpha value is -1.14. The van der Waals surface area contributed by atoms with E-state index in [1.165, 1.54) is 25.2 Å². The van der Waals surface area contributed by atoms with Gasteiger partial charge in [-0.15, -0.1) is 0 Å². The molecule has 0 atom stereocenters. The van der Waals surface area contributed by atoms with E-state index in [9.17, 15) is 12.8 Å². The van der Waals surface area contributed by atoms with Crippen LogP contribution in [0.25, 0.3) is 0 Å². The fourth-order valence-electron chi connectivity index (χ4n) is 1.22. The average Bonchev–Trinajstić information content (AvgIpc) is 2.25. The van der Waals surface area contributed by atoms with E-state index in [4.69, 9.17) is 5.11 Å². The lowest BCUT2D eigenvalue weighted by atomic mass is 10.3. The van der Waals surface area contributed by atoms with Gasteiger partial charge in [0.2, 0.25) is 10.0 Å². The second-order valence-corrected chi connectivity index (χ2v) is 5.46. The molecule has 0 aromatic heterocycles. The van der Waals surface area contributed by atoms with Gasteiger partial charge in [0.25, 0.3) is 0 Å². The predicted molar refractivity (Wildman–Crippen MR) is 60.3 cm³/mol. The third-order valence-corrected chi connectivity index (χ3v) is 4.00. The molecular weight excluding hydrogens is 233 g/mol. The molecule has 4 nitrogen and oxygen atoms in total. The fraction of sp³-hybridized carbons (Fsp3) is 0.400. The quantitative estimate of drug-likeness (QED) is 0.843. The van der Waals surface area contributed by atoms with Crippen LogP contribution in [0.3, 0.4) is 0 Å². The normalized spacial score (nSPS) is 11.4. The standard InChI is InChI=1S/C10H14FNO3S/c1-12(16(14,15)7-3-6-13)10-5-2-4-9(11)8-10/h2,4-5,8,13H,3,6-7H2,1H3. The van der Waals surface area contributed by atoms with Crippen molar-refractivity contribution in [1.82, 2.24) is 0 Å². The van der Waals surface area contributed by atoms with Crippen LogP contribution in [0.5, 0.6) is 0 Å². The monoisotopic (exact) mass is 247 g/mol. The third kappa shape index (κ3) is 3.18. The van der Waals surface area contributed by atoms with Gasteiger partial charge >= 0.3 is 0 Å². The Labute approximate surface area is 94.4 Å². The lowest BCUT2D eigenvalue weighted by molar-refractivity contribution is 0.295. The first-order valence-corrected chi connectivity index (χ1v) is 6.41. The van der Waals surface area contributed by atoms with Gasteiger partial charge in [-0.3, -0.25) is 4.31 Å². The Morgan fingerprint density at radius 2 is 2.12 bits per heavy atom. The lowest BCUT2D eigenvalue weighted by Gasteiger charge is -2.19. The van der Waals surface area contributed by atoms with Gasteiger partial charge < -0.3 is 5.11 Å². The first-order valence-electron chi connectivity index (χ1n) is 4.80. The SMILES string of the molecule is CN(c1cccc(F)c1)S(=O)(=O)CCCO. The van der Waals surface area contributed by atoms with Crippen molar-refractivity contribution in [2.45, 2.75) is 6.42 Å². The Morgan fingerprint density at radius 1 is 1.44 bits per heavy atom. The molecule has 0 amide bonds. The molecule has 90 valence electrons. The van der Waals surface area contributed by atoms with Crippen molar-refractivity contribution >= 4 is 15.7 Å². The molecule has 1 rings (SSSR count). The summed E-state index contributed by atoms with van der Waals surface area (Å²) in [5.74, 6) is -0.641. The van der Waals surface area contributed by atoms with Crippen LogP contribution >= 0.6 is 0 Å². The summed E-state index contributed by atoms with van der Waals surface area (Å²) < 4.78 is 37.3. The molecule has 1 aromatic carbocycles. The largest absolute Gasteiger partial charge is 0.396 e. The van der Waals surface area contributed by atoms with Gasteiger partial charge in [0, 0.05) is 13.7 Å². The van der Waals surface area contributed by atoms with Gasteiger partial charge in [0.05, 0.1) is 11.4 Å². The number of benzene rings is 1. The predicted octanol–water partition coefficient (Wildman–Crippen LogP) is 0.974. The summed E-state index contributed by atoms with van der Waals surface area (Å²) in [6, 6.07) is 5.36. The highest BCUT2D eigenvalue weighted by atomic mass is 32.2. The van der Waals surface area contributed by atoms with Crippen LogP contribution in [-0.2, 0) is 10.0 Å². The summed E-state index contributed by atoms with van der Waals surface area (Å²) in [4.78, 5) is 0. The third-order valence-electron chi connectivity index (χ3n) is 2.15. The lowest BCUT2D eigenvalue weighted by Crippen LogP contribution is -2.29. The molecule has 16 heavy (non-hydrogen) atoms. The molecule has 0 aliphatic carbocycles. The van der Waals surface area contributed by atoms with Gasteiger partial charge in [-0.05, 0) is 24.6 Å². The molecule has 0 unspecified atom stereocenters. The van der Waals surface area contributed by atoms with Crippen LogP contribution in [0, 0.1) is 5.82 Å². The number of hydrogen-bond acceptors (Lipinski definition) is 3. The smallest absolute Gasteiger partial charge is 0.234 e. The van der Waals surface area contributed by atoms with Crippen molar-refractivity contribution < 1.29 is 17.9 Å². The molecule has 0 heterocycles. The second-order valence-electron chi connectivity index (χ2n) is 3.34. The maximum atomic E-state index is 12.9. The number of halogens is 1. The van der Waals surface area contributed by atoms with Crippen LogP contribution in [-0.4, -0.2) is 32.9 Å². The van der Waals surface area contributed by atoms with Crippen molar-refractivity contribution in [2.75, 3.05) is 23.7 Å². The van der Waals surface area contributed by atoms with Gasteiger partial charge in [0.15, 0.2) is 0 Å². The molecule has 0 fully saturated rings. The van der Waals surface area contributed by atoms with E-state index in [1.54, 1.807) is 0 Å². The van der Waals surface area contributed by atoms with Crippen LogP contribution in [0.2, 0.25) is 0 Å². The van der Waals surface area contributed by atoms with Gasteiger partial charge in [-0.2, -0.15) is 0 Å². The number of nitrogens with zero attached hydrogens (tertiary/aromatic N) is 1. The molecule has 1 N–H and O–H groups in total. The molecule has 0 spiro atoms. The molecule has 0 saturated heterocycles. The second kappa shape index (κ2) is 5.27. The Bertz CT molecular complexity index is 447. The number of sulfonamides is 1. The van der Waals surface area contributed by atoms with Gasteiger partial charge in [0.1, 0.15) is 5.82 Å². The minimum absolute atomic E-state index is 0.156. The Morgan fingerprint density at radius 3 is 2.69 bits per heavy atom. The molecule has 0 aliphatic rings. The summed E-state index contributed by atoms with van der Waals surface area (Å²) >= 11 is 0.